The number of rotatable bonds is 7. The Balaban J connectivity index is 1.84. The van der Waals surface area contributed by atoms with E-state index in [1.807, 2.05) is 10.9 Å². The van der Waals surface area contributed by atoms with Gasteiger partial charge >= 0.3 is 0 Å². The van der Waals surface area contributed by atoms with E-state index in [0.717, 1.165) is 25.9 Å². The molecule has 3 heteroatoms. The highest BCUT2D eigenvalue weighted by Gasteiger charge is 2.17. The van der Waals surface area contributed by atoms with Crippen LogP contribution in [0.1, 0.15) is 38.4 Å². The quantitative estimate of drug-likeness (QED) is 0.836. The minimum Gasteiger partial charge on any atom is -0.306 e. The first-order valence-corrected chi connectivity index (χ1v) is 7.40. The molecular weight excluding hydrogens is 246 g/mol. The summed E-state index contributed by atoms with van der Waals surface area (Å²) in [7, 11) is 0. The van der Waals surface area contributed by atoms with E-state index < -0.39 is 0 Å². The van der Waals surface area contributed by atoms with Gasteiger partial charge in [-0.2, -0.15) is 5.10 Å². The summed E-state index contributed by atoms with van der Waals surface area (Å²) in [4.78, 5) is 0. The molecule has 0 saturated carbocycles. The Morgan fingerprint density at radius 3 is 2.60 bits per heavy atom. The molecule has 2 rings (SSSR count). The van der Waals surface area contributed by atoms with Crippen LogP contribution in [0, 0.1) is 0 Å². The smallest absolute Gasteiger partial charge is 0.0522 e. The molecule has 0 radical (unpaired) electrons. The maximum absolute atomic E-state index is 4.31. The Bertz CT molecular complexity index is 514. The number of nitrogens with one attached hydrogen (secondary N) is 1. The van der Waals surface area contributed by atoms with Crippen LogP contribution >= 0.6 is 0 Å². The largest absolute Gasteiger partial charge is 0.306 e. The highest BCUT2D eigenvalue weighted by molar-refractivity contribution is 5.15. The van der Waals surface area contributed by atoms with Crippen molar-refractivity contribution in [3.63, 3.8) is 0 Å². The van der Waals surface area contributed by atoms with Gasteiger partial charge in [0.25, 0.3) is 0 Å². The fourth-order valence-corrected chi connectivity index (χ4v) is 2.31. The first kappa shape index (κ1) is 14.8. The lowest BCUT2D eigenvalue weighted by atomic mass is 9.95. The molecule has 0 aliphatic carbocycles. The minimum absolute atomic E-state index is 0.124. The summed E-state index contributed by atoms with van der Waals surface area (Å²) in [6.07, 6.45) is 4.10. The summed E-state index contributed by atoms with van der Waals surface area (Å²) in [5.74, 6) is 0. The molecule has 0 atom stereocenters. The molecule has 0 unspecified atom stereocenters. The van der Waals surface area contributed by atoms with Crippen LogP contribution in [0.4, 0.5) is 0 Å². The van der Waals surface area contributed by atoms with Crippen molar-refractivity contribution in [1.82, 2.24) is 15.1 Å². The van der Waals surface area contributed by atoms with Gasteiger partial charge < -0.3 is 5.32 Å². The Morgan fingerprint density at radius 2 is 1.90 bits per heavy atom. The number of aryl methyl sites for hydroxylation is 2. The molecule has 20 heavy (non-hydrogen) atoms. The van der Waals surface area contributed by atoms with Crippen LogP contribution in [0.25, 0.3) is 0 Å². The number of benzene rings is 1. The molecule has 3 nitrogen and oxygen atoms in total. The first-order valence-electron chi connectivity index (χ1n) is 7.40. The molecule has 0 aliphatic heterocycles. The van der Waals surface area contributed by atoms with Crippen molar-refractivity contribution in [2.24, 2.45) is 0 Å². The zero-order valence-corrected chi connectivity index (χ0v) is 12.8. The average Bonchev–Trinajstić information content (AvgIpc) is 2.92. The van der Waals surface area contributed by atoms with Crippen molar-refractivity contribution in [2.45, 2.75) is 52.2 Å². The highest BCUT2D eigenvalue weighted by atomic mass is 15.3. The third-order valence-electron chi connectivity index (χ3n) is 3.73. The fraction of sp³-hybridized carbons (Fsp3) is 0.471. The van der Waals surface area contributed by atoms with E-state index >= 15 is 0 Å². The molecule has 0 fully saturated rings. The monoisotopic (exact) mass is 271 g/mol. The Hall–Kier alpha value is -1.61. The SMILES string of the molecule is CCn1nccc1CNC(C)(C)CCc1ccccc1. The second-order valence-corrected chi connectivity index (χ2v) is 5.86. The Labute approximate surface area is 122 Å². The molecule has 0 saturated heterocycles. The van der Waals surface area contributed by atoms with E-state index in [2.05, 4.69) is 67.6 Å². The molecule has 1 heterocycles. The standard InChI is InChI=1S/C17H25N3/c1-4-20-16(11-13-19-20)14-18-17(2,3)12-10-15-8-6-5-7-9-15/h5-9,11,13,18H,4,10,12,14H2,1-3H3. The molecule has 1 aromatic carbocycles. The molecule has 0 spiro atoms. The van der Waals surface area contributed by atoms with Gasteiger partial charge in [0, 0.05) is 24.8 Å². The van der Waals surface area contributed by atoms with Crippen LogP contribution in [0.5, 0.6) is 0 Å². The average molecular weight is 271 g/mol. The lowest BCUT2D eigenvalue weighted by Crippen LogP contribution is -2.39. The molecule has 0 bridgehead atoms. The van der Waals surface area contributed by atoms with Crippen molar-refractivity contribution < 1.29 is 0 Å². The van der Waals surface area contributed by atoms with Gasteiger partial charge in [0.05, 0.1) is 5.69 Å². The normalized spacial score (nSPS) is 11.8. The van der Waals surface area contributed by atoms with Gasteiger partial charge in [-0.05, 0) is 45.2 Å². The van der Waals surface area contributed by atoms with Crippen LogP contribution in [-0.2, 0) is 19.5 Å². The maximum atomic E-state index is 4.31. The number of hydrogen-bond donors (Lipinski definition) is 1. The third kappa shape index (κ3) is 4.20. The van der Waals surface area contributed by atoms with Crippen LogP contribution < -0.4 is 5.32 Å². The van der Waals surface area contributed by atoms with Gasteiger partial charge in [0.2, 0.25) is 0 Å². The topological polar surface area (TPSA) is 29.9 Å². The van der Waals surface area contributed by atoms with Crippen molar-refractivity contribution in [2.75, 3.05) is 0 Å². The first-order chi connectivity index (χ1) is 9.61. The van der Waals surface area contributed by atoms with E-state index in [-0.39, 0.29) is 5.54 Å². The highest BCUT2D eigenvalue weighted by Crippen LogP contribution is 2.14. The second kappa shape index (κ2) is 6.71. The van der Waals surface area contributed by atoms with E-state index in [9.17, 15) is 0 Å². The third-order valence-corrected chi connectivity index (χ3v) is 3.73. The van der Waals surface area contributed by atoms with E-state index in [4.69, 9.17) is 0 Å². The number of nitrogens with zero attached hydrogens (tertiary/aromatic N) is 2. The van der Waals surface area contributed by atoms with Gasteiger partial charge in [-0.3, -0.25) is 4.68 Å². The predicted molar refractivity (Wildman–Crippen MR) is 83.6 cm³/mol. The maximum Gasteiger partial charge on any atom is 0.0522 e. The van der Waals surface area contributed by atoms with Crippen LogP contribution in [0.2, 0.25) is 0 Å². The molecule has 108 valence electrons. The fourth-order valence-electron chi connectivity index (χ4n) is 2.31. The van der Waals surface area contributed by atoms with Crippen LogP contribution in [0.3, 0.4) is 0 Å². The minimum atomic E-state index is 0.124. The van der Waals surface area contributed by atoms with Gasteiger partial charge in [0.1, 0.15) is 0 Å². The van der Waals surface area contributed by atoms with Crippen molar-refractivity contribution in [3.8, 4) is 0 Å². The lowest BCUT2D eigenvalue weighted by molar-refractivity contribution is 0.354. The zero-order chi connectivity index (χ0) is 14.4. The van der Waals surface area contributed by atoms with E-state index in [0.29, 0.717) is 0 Å². The molecule has 1 N–H and O–H groups in total. The summed E-state index contributed by atoms with van der Waals surface area (Å²) in [6.45, 7) is 8.45. The van der Waals surface area contributed by atoms with Gasteiger partial charge in [-0.15, -0.1) is 0 Å². The Morgan fingerprint density at radius 1 is 1.15 bits per heavy atom. The zero-order valence-electron chi connectivity index (χ0n) is 12.8. The summed E-state index contributed by atoms with van der Waals surface area (Å²) in [5, 5.41) is 7.95. The molecule has 2 aromatic rings. The van der Waals surface area contributed by atoms with E-state index in [1.54, 1.807) is 0 Å². The van der Waals surface area contributed by atoms with Gasteiger partial charge in [-0.1, -0.05) is 30.3 Å². The predicted octanol–water partition coefficient (Wildman–Crippen LogP) is 3.40. The van der Waals surface area contributed by atoms with Crippen molar-refractivity contribution in [3.05, 3.63) is 53.9 Å². The summed E-state index contributed by atoms with van der Waals surface area (Å²) >= 11 is 0. The molecule has 0 aliphatic rings. The van der Waals surface area contributed by atoms with Crippen LogP contribution in [-0.4, -0.2) is 15.3 Å². The summed E-state index contributed by atoms with van der Waals surface area (Å²) in [5.41, 5.74) is 2.78. The summed E-state index contributed by atoms with van der Waals surface area (Å²) < 4.78 is 2.04. The second-order valence-electron chi connectivity index (χ2n) is 5.86. The van der Waals surface area contributed by atoms with E-state index in [1.165, 1.54) is 11.3 Å². The number of aromatic nitrogens is 2. The molecular formula is C17H25N3. The Kier molecular flexibility index (Phi) is 4.96. The number of hydrogen-bond acceptors (Lipinski definition) is 2. The van der Waals surface area contributed by atoms with Crippen LogP contribution in [0.15, 0.2) is 42.6 Å². The summed E-state index contributed by atoms with van der Waals surface area (Å²) in [6, 6.07) is 12.8. The molecule has 0 amide bonds. The lowest BCUT2D eigenvalue weighted by Gasteiger charge is -2.26. The van der Waals surface area contributed by atoms with Crippen molar-refractivity contribution >= 4 is 0 Å². The molecule has 1 aromatic heterocycles. The van der Waals surface area contributed by atoms with Crippen molar-refractivity contribution in [1.29, 1.82) is 0 Å². The van der Waals surface area contributed by atoms with Gasteiger partial charge in [0.15, 0.2) is 0 Å². The van der Waals surface area contributed by atoms with Gasteiger partial charge in [-0.25, -0.2) is 0 Å².